The molecule has 1 saturated heterocycles. The van der Waals surface area contributed by atoms with E-state index in [9.17, 15) is 14.0 Å². The van der Waals surface area contributed by atoms with Gasteiger partial charge in [-0.2, -0.15) is 0 Å². The first kappa shape index (κ1) is 18.7. The number of ether oxygens (including phenoxy) is 1. The maximum atomic E-state index is 13.0. The molecule has 1 atom stereocenters. The number of likely N-dealkylation sites (tertiary alicyclic amines) is 1. The number of hydrogen-bond acceptors (Lipinski definition) is 4. The van der Waals surface area contributed by atoms with Gasteiger partial charge in [-0.15, -0.1) is 0 Å². The minimum Gasteiger partial charge on any atom is -0.495 e. The molecule has 6 nitrogen and oxygen atoms in total. The summed E-state index contributed by atoms with van der Waals surface area (Å²) in [6.45, 7) is 0.906. The molecule has 1 fully saturated rings. The van der Waals surface area contributed by atoms with Gasteiger partial charge in [0.05, 0.1) is 18.7 Å². The third kappa shape index (κ3) is 4.36. The fraction of sp³-hybridized carbons (Fsp3) is 0.300. The normalized spacial score (nSPS) is 16.7. The second kappa shape index (κ2) is 8.07. The van der Waals surface area contributed by atoms with E-state index in [1.165, 1.54) is 31.4 Å². The maximum Gasteiger partial charge on any atom is 0.253 e. The number of carbonyl (C=O) groups is 2. The molecule has 2 aromatic carbocycles. The topological polar surface area (TPSA) is 84.7 Å². The van der Waals surface area contributed by atoms with Crippen LogP contribution in [0.1, 0.15) is 23.2 Å². The summed E-state index contributed by atoms with van der Waals surface area (Å²) >= 11 is 0. The lowest BCUT2D eigenvalue weighted by molar-refractivity contribution is -0.121. The number of halogens is 1. The lowest BCUT2D eigenvalue weighted by atomic mass is 9.96. The standard InChI is InChI=1S/C20H22FN3O3/c1-27-18-9-8-16(11-17(18)22)23-19(25)14-3-2-10-24(12-14)20(26)13-4-6-15(21)7-5-13/h4-9,11,14H,2-3,10,12,22H2,1H3,(H,23,25). The van der Waals surface area contributed by atoms with E-state index in [4.69, 9.17) is 10.5 Å². The Morgan fingerprint density at radius 1 is 1.22 bits per heavy atom. The summed E-state index contributed by atoms with van der Waals surface area (Å²) in [4.78, 5) is 26.8. The SMILES string of the molecule is COc1ccc(NC(=O)C2CCCN(C(=O)c3ccc(F)cc3)C2)cc1N. The van der Waals surface area contributed by atoms with E-state index in [2.05, 4.69) is 5.32 Å². The number of anilines is 2. The highest BCUT2D eigenvalue weighted by Gasteiger charge is 2.29. The van der Waals surface area contributed by atoms with Gasteiger partial charge in [-0.25, -0.2) is 4.39 Å². The molecule has 3 N–H and O–H groups in total. The first-order valence-corrected chi connectivity index (χ1v) is 8.77. The number of nitrogen functional groups attached to an aromatic ring is 1. The molecule has 0 aliphatic carbocycles. The highest BCUT2D eigenvalue weighted by Crippen LogP contribution is 2.26. The maximum absolute atomic E-state index is 13.0. The quantitative estimate of drug-likeness (QED) is 0.810. The van der Waals surface area contributed by atoms with Crippen LogP contribution in [0.3, 0.4) is 0 Å². The molecule has 142 valence electrons. The first-order chi connectivity index (χ1) is 13.0. The number of hydrogen-bond donors (Lipinski definition) is 2. The Morgan fingerprint density at radius 3 is 2.63 bits per heavy atom. The van der Waals surface area contributed by atoms with Crippen molar-refractivity contribution in [2.75, 3.05) is 31.2 Å². The number of nitrogens with one attached hydrogen (secondary N) is 1. The molecule has 3 rings (SSSR count). The monoisotopic (exact) mass is 371 g/mol. The molecule has 0 bridgehead atoms. The predicted molar refractivity (Wildman–Crippen MR) is 101 cm³/mol. The second-order valence-electron chi connectivity index (χ2n) is 6.54. The molecule has 0 saturated carbocycles. The van der Waals surface area contributed by atoms with Gasteiger partial charge in [-0.05, 0) is 55.3 Å². The molecule has 1 aliphatic rings. The Hall–Kier alpha value is -3.09. The van der Waals surface area contributed by atoms with Crippen LogP contribution in [-0.4, -0.2) is 36.9 Å². The van der Waals surface area contributed by atoms with Gasteiger partial charge in [0.2, 0.25) is 5.91 Å². The van der Waals surface area contributed by atoms with Crippen LogP contribution in [0.5, 0.6) is 5.75 Å². The largest absolute Gasteiger partial charge is 0.495 e. The van der Waals surface area contributed by atoms with Crippen LogP contribution in [0.15, 0.2) is 42.5 Å². The third-order valence-corrected chi connectivity index (χ3v) is 4.67. The van der Waals surface area contributed by atoms with Crippen molar-refractivity contribution in [2.45, 2.75) is 12.8 Å². The lowest BCUT2D eigenvalue weighted by Crippen LogP contribution is -2.43. The van der Waals surface area contributed by atoms with Crippen LogP contribution in [0.2, 0.25) is 0 Å². The van der Waals surface area contributed by atoms with Gasteiger partial charge in [-0.1, -0.05) is 0 Å². The van der Waals surface area contributed by atoms with Crippen molar-refractivity contribution in [3.05, 3.63) is 53.8 Å². The average Bonchev–Trinajstić information content (AvgIpc) is 2.68. The fourth-order valence-corrected chi connectivity index (χ4v) is 3.21. The van der Waals surface area contributed by atoms with Crippen LogP contribution in [0.4, 0.5) is 15.8 Å². The first-order valence-electron chi connectivity index (χ1n) is 8.77. The summed E-state index contributed by atoms with van der Waals surface area (Å²) in [6.07, 6.45) is 1.43. The van der Waals surface area contributed by atoms with Crippen LogP contribution < -0.4 is 15.8 Å². The molecule has 1 heterocycles. The third-order valence-electron chi connectivity index (χ3n) is 4.67. The molecular weight excluding hydrogens is 349 g/mol. The van der Waals surface area contributed by atoms with E-state index in [1.54, 1.807) is 23.1 Å². The highest BCUT2D eigenvalue weighted by atomic mass is 19.1. The lowest BCUT2D eigenvalue weighted by Gasteiger charge is -2.32. The Kier molecular flexibility index (Phi) is 5.59. The van der Waals surface area contributed by atoms with E-state index in [-0.39, 0.29) is 23.5 Å². The number of benzene rings is 2. The zero-order valence-electron chi connectivity index (χ0n) is 15.1. The summed E-state index contributed by atoms with van der Waals surface area (Å²) in [6, 6.07) is 10.5. The van der Waals surface area contributed by atoms with Crippen LogP contribution >= 0.6 is 0 Å². The van der Waals surface area contributed by atoms with Gasteiger partial charge >= 0.3 is 0 Å². The number of nitrogens with zero attached hydrogens (tertiary/aromatic N) is 1. The molecule has 27 heavy (non-hydrogen) atoms. The van der Waals surface area contributed by atoms with Gasteiger partial charge in [0.1, 0.15) is 11.6 Å². The molecule has 0 radical (unpaired) electrons. The predicted octanol–water partition coefficient (Wildman–Crippen LogP) is 2.91. The van der Waals surface area contributed by atoms with Gasteiger partial charge in [0.15, 0.2) is 0 Å². The summed E-state index contributed by atoms with van der Waals surface area (Å²) in [7, 11) is 1.53. The molecule has 0 aromatic heterocycles. The molecule has 1 aliphatic heterocycles. The number of rotatable bonds is 4. The number of methoxy groups -OCH3 is 1. The smallest absolute Gasteiger partial charge is 0.253 e. The van der Waals surface area contributed by atoms with E-state index < -0.39 is 0 Å². The van der Waals surface area contributed by atoms with E-state index in [1.807, 2.05) is 0 Å². The van der Waals surface area contributed by atoms with E-state index in [0.29, 0.717) is 42.2 Å². The van der Waals surface area contributed by atoms with Crippen molar-refractivity contribution < 1.29 is 18.7 Å². The molecular formula is C20H22FN3O3. The van der Waals surface area contributed by atoms with Gasteiger partial charge in [-0.3, -0.25) is 9.59 Å². The Labute approximate surface area is 157 Å². The van der Waals surface area contributed by atoms with Crippen molar-refractivity contribution in [1.82, 2.24) is 4.90 Å². The van der Waals surface area contributed by atoms with Gasteiger partial charge in [0.25, 0.3) is 5.91 Å². The number of nitrogens with two attached hydrogens (primary N) is 1. The minimum atomic E-state index is -0.388. The second-order valence-corrected chi connectivity index (χ2v) is 6.54. The Morgan fingerprint density at radius 2 is 1.96 bits per heavy atom. The molecule has 2 amide bonds. The van der Waals surface area contributed by atoms with Crippen molar-refractivity contribution in [3.63, 3.8) is 0 Å². The van der Waals surface area contributed by atoms with E-state index >= 15 is 0 Å². The fourth-order valence-electron chi connectivity index (χ4n) is 3.21. The zero-order valence-corrected chi connectivity index (χ0v) is 15.1. The Bertz CT molecular complexity index is 839. The zero-order chi connectivity index (χ0) is 19.4. The van der Waals surface area contributed by atoms with Crippen LogP contribution in [0, 0.1) is 11.7 Å². The Balaban J connectivity index is 1.64. The van der Waals surface area contributed by atoms with Crippen LogP contribution in [-0.2, 0) is 4.79 Å². The summed E-state index contributed by atoms with van der Waals surface area (Å²) < 4.78 is 18.2. The van der Waals surface area contributed by atoms with Crippen molar-refractivity contribution in [3.8, 4) is 5.75 Å². The van der Waals surface area contributed by atoms with Crippen molar-refractivity contribution in [2.24, 2.45) is 5.92 Å². The molecule has 7 heteroatoms. The average molecular weight is 371 g/mol. The summed E-state index contributed by atoms with van der Waals surface area (Å²) in [5.74, 6) is -0.508. The van der Waals surface area contributed by atoms with Gasteiger partial charge < -0.3 is 20.7 Å². The highest BCUT2D eigenvalue weighted by molar-refractivity contribution is 5.96. The summed E-state index contributed by atoms with van der Waals surface area (Å²) in [5, 5.41) is 2.85. The number of amides is 2. The van der Waals surface area contributed by atoms with Gasteiger partial charge in [0, 0.05) is 24.3 Å². The van der Waals surface area contributed by atoms with Crippen LogP contribution in [0.25, 0.3) is 0 Å². The molecule has 0 spiro atoms. The molecule has 1 unspecified atom stereocenters. The number of carbonyl (C=O) groups excluding carboxylic acids is 2. The van der Waals surface area contributed by atoms with Crippen molar-refractivity contribution in [1.29, 1.82) is 0 Å². The molecule has 2 aromatic rings. The summed E-state index contributed by atoms with van der Waals surface area (Å²) in [5.41, 5.74) is 7.30. The van der Waals surface area contributed by atoms with Crippen molar-refractivity contribution >= 4 is 23.2 Å². The van der Waals surface area contributed by atoms with E-state index in [0.717, 1.165) is 6.42 Å². The minimum absolute atomic E-state index is 0.156. The number of piperidine rings is 1.